The molecule has 5 heteroatoms. The van der Waals surface area contributed by atoms with Gasteiger partial charge in [0.25, 0.3) is 0 Å². The van der Waals surface area contributed by atoms with E-state index in [1.165, 1.54) is 11.1 Å². The molecule has 1 aliphatic carbocycles. The molecular weight excluding hydrogens is 348 g/mol. The molecule has 2 N–H and O–H groups in total. The second-order valence-corrected chi connectivity index (χ2v) is 8.27. The number of aromatic nitrogens is 2. The Kier molecular flexibility index (Phi) is 6.79. The van der Waals surface area contributed by atoms with Crippen LogP contribution in [0.4, 0.5) is 0 Å². The zero-order chi connectivity index (χ0) is 20.1. The number of pyridine rings is 2. The Bertz CT molecular complexity index is 797. The highest BCUT2D eigenvalue weighted by molar-refractivity contribution is 5.76. The van der Waals surface area contributed by atoms with Crippen LogP contribution in [0.3, 0.4) is 0 Å². The van der Waals surface area contributed by atoms with E-state index in [2.05, 4.69) is 42.8 Å². The van der Waals surface area contributed by atoms with Crippen LogP contribution in [0, 0.1) is 12.8 Å². The van der Waals surface area contributed by atoms with Crippen molar-refractivity contribution in [1.82, 2.24) is 14.9 Å². The van der Waals surface area contributed by atoms with E-state index in [9.17, 15) is 4.79 Å². The lowest BCUT2D eigenvalue weighted by molar-refractivity contribution is -0.123. The van der Waals surface area contributed by atoms with E-state index in [4.69, 9.17) is 10.7 Å². The molecule has 1 fully saturated rings. The second-order valence-electron chi connectivity index (χ2n) is 8.27. The first-order valence-corrected chi connectivity index (χ1v) is 10.3. The molecule has 1 aliphatic rings. The molecule has 3 rings (SSSR count). The summed E-state index contributed by atoms with van der Waals surface area (Å²) in [5.74, 6) is 0.306. The lowest BCUT2D eigenvalue weighted by Crippen LogP contribution is -2.40. The van der Waals surface area contributed by atoms with Crippen molar-refractivity contribution >= 4 is 5.91 Å². The summed E-state index contributed by atoms with van der Waals surface area (Å²) in [4.78, 5) is 23.4. The number of aryl methyl sites for hydroxylation is 1. The molecule has 0 radical (unpaired) electrons. The molecule has 0 saturated heterocycles. The summed E-state index contributed by atoms with van der Waals surface area (Å²) < 4.78 is 0. The largest absolute Gasteiger partial charge is 0.369 e. The highest BCUT2D eigenvalue weighted by atomic mass is 16.1. The predicted molar refractivity (Wildman–Crippen MR) is 111 cm³/mol. The van der Waals surface area contributed by atoms with Gasteiger partial charge in [0.15, 0.2) is 0 Å². The second kappa shape index (κ2) is 9.28. The minimum absolute atomic E-state index is 0.0239. The Morgan fingerprint density at radius 1 is 1.07 bits per heavy atom. The van der Waals surface area contributed by atoms with Crippen molar-refractivity contribution in [3.63, 3.8) is 0 Å². The summed E-state index contributed by atoms with van der Waals surface area (Å²) in [6.07, 6.45) is 7.47. The van der Waals surface area contributed by atoms with E-state index < -0.39 is 0 Å². The molecule has 0 aliphatic heterocycles. The molecule has 0 atom stereocenters. The van der Waals surface area contributed by atoms with Crippen molar-refractivity contribution in [3.05, 3.63) is 59.2 Å². The molecule has 0 spiro atoms. The van der Waals surface area contributed by atoms with Crippen LogP contribution >= 0.6 is 0 Å². The number of rotatable bonds is 7. The van der Waals surface area contributed by atoms with Crippen LogP contribution in [-0.2, 0) is 17.9 Å². The van der Waals surface area contributed by atoms with Gasteiger partial charge in [-0.1, -0.05) is 26.0 Å². The summed E-state index contributed by atoms with van der Waals surface area (Å²) in [5, 5.41) is 0. The maximum Gasteiger partial charge on any atom is 0.220 e. The lowest BCUT2D eigenvalue weighted by Gasteiger charge is -2.36. The van der Waals surface area contributed by atoms with Crippen LogP contribution in [-0.4, -0.2) is 26.8 Å². The van der Waals surface area contributed by atoms with Crippen LogP contribution in [0.15, 0.2) is 36.7 Å². The standard InChI is InChI=1S/C23H32N4O/c1-16(2)20-7-5-13-26-22(20)15-27(14-21-17(3)6-4-12-25-21)19-10-8-18(9-11-19)23(24)28/h4-7,12-13,16,18-19H,8-11,14-15H2,1-3H3,(H2,24,28). The molecular formula is C23H32N4O. The monoisotopic (exact) mass is 380 g/mol. The van der Waals surface area contributed by atoms with Crippen molar-refractivity contribution in [2.45, 2.75) is 71.5 Å². The number of carbonyl (C=O) groups excluding carboxylic acids is 1. The van der Waals surface area contributed by atoms with Crippen LogP contribution in [0.25, 0.3) is 0 Å². The van der Waals surface area contributed by atoms with E-state index in [0.29, 0.717) is 12.0 Å². The Morgan fingerprint density at radius 3 is 2.29 bits per heavy atom. The summed E-state index contributed by atoms with van der Waals surface area (Å²) in [6.45, 7) is 8.14. The lowest BCUT2D eigenvalue weighted by atomic mass is 9.84. The Morgan fingerprint density at radius 2 is 1.68 bits per heavy atom. The number of primary amides is 1. The van der Waals surface area contributed by atoms with Gasteiger partial charge in [-0.15, -0.1) is 0 Å². The average Bonchev–Trinajstić information content (AvgIpc) is 2.69. The number of amides is 1. The zero-order valence-corrected chi connectivity index (χ0v) is 17.3. The van der Waals surface area contributed by atoms with Gasteiger partial charge in [-0.2, -0.15) is 0 Å². The molecule has 0 aromatic carbocycles. The fraction of sp³-hybridized carbons (Fsp3) is 0.522. The summed E-state index contributed by atoms with van der Waals surface area (Å²) in [6, 6.07) is 8.71. The van der Waals surface area contributed by atoms with Crippen LogP contribution in [0.5, 0.6) is 0 Å². The third kappa shape index (κ3) is 4.96. The van der Waals surface area contributed by atoms with Crippen molar-refractivity contribution < 1.29 is 4.79 Å². The third-order valence-corrected chi connectivity index (χ3v) is 5.99. The van der Waals surface area contributed by atoms with Gasteiger partial charge in [-0.05, 0) is 61.8 Å². The van der Waals surface area contributed by atoms with Crippen LogP contribution in [0.2, 0.25) is 0 Å². The van der Waals surface area contributed by atoms with Crippen LogP contribution < -0.4 is 5.73 Å². The Balaban J connectivity index is 1.83. The summed E-state index contributed by atoms with van der Waals surface area (Å²) in [7, 11) is 0. The number of nitrogens with zero attached hydrogens (tertiary/aromatic N) is 3. The highest BCUT2D eigenvalue weighted by Gasteiger charge is 2.29. The van der Waals surface area contributed by atoms with E-state index in [1.807, 2.05) is 24.5 Å². The summed E-state index contributed by atoms with van der Waals surface area (Å²) >= 11 is 0. The number of nitrogens with two attached hydrogens (primary N) is 1. The van der Waals surface area contributed by atoms with Crippen molar-refractivity contribution in [3.8, 4) is 0 Å². The molecule has 1 saturated carbocycles. The van der Waals surface area contributed by atoms with E-state index in [0.717, 1.165) is 50.2 Å². The minimum Gasteiger partial charge on any atom is -0.369 e. The topological polar surface area (TPSA) is 72.1 Å². The normalized spacial score (nSPS) is 19.9. The molecule has 2 aromatic rings. The maximum atomic E-state index is 11.6. The Hall–Kier alpha value is -2.27. The van der Waals surface area contributed by atoms with Gasteiger partial charge in [-0.25, -0.2) is 0 Å². The fourth-order valence-corrected chi connectivity index (χ4v) is 4.22. The fourth-order valence-electron chi connectivity index (χ4n) is 4.22. The van der Waals surface area contributed by atoms with Gasteiger partial charge in [0.2, 0.25) is 5.91 Å². The molecule has 150 valence electrons. The average molecular weight is 381 g/mol. The molecule has 2 aromatic heterocycles. The predicted octanol–water partition coefficient (Wildman–Crippen LogP) is 3.95. The number of carbonyl (C=O) groups is 1. The van der Waals surface area contributed by atoms with Crippen molar-refractivity contribution in [1.29, 1.82) is 0 Å². The zero-order valence-electron chi connectivity index (χ0n) is 17.3. The summed E-state index contributed by atoms with van der Waals surface area (Å²) in [5.41, 5.74) is 10.3. The third-order valence-electron chi connectivity index (χ3n) is 5.99. The Labute approximate surface area is 168 Å². The SMILES string of the molecule is Cc1cccnc1CN(Cc1ncccc1C(C)C)C1CCC(C(N)=O)CC1. The number of hydrogen-bond acceptors (Lipinski definition) is 4. The molecule has 5 nitrogen and oxygen atoms in total. The van der Waals surface area contributed by atoms with Gasteiger partial charge >= 0.3 is 0 Å². The van der Waals surface area contributed by atoms with E-state index in [1.54, 1.807) is 0 Å². The van der Waals surface area contributed by atoms with Crippen molar-refractivity contribution in [2.75, 3.05) is 0 Å². The van der Waals surface area contributed by atoms with Gasteiger partial charge in [0.1, 0.15) is 0 Å². The molecule has 1 amide bonds. The van der Waals surface area contributed by atoms with Crippen LogP contribution in [0.1, 0.15) is 68.0 Å². The van der Waals surface area contributed by atoms with E-state index >= 15 is 0 Å². The van der Waals surface area contributed by atoms with Gasteiger partial charge < -0.3 is 5.73 Å². The first-order valence-electron chi connectivity index (χ1n) is 10.3. The maximum absolute atomic E-state index is 11.6. The molecule has 0 unspecified atom stereocenters. The number of hydrogen-bond donors (Lipinski definition) is 1. The molecule has 28 heavy (non-hydrogen) atoms. The minimum atomic E-state index is -0.155. The van der Waals surface area contributed by atoms with Gasteiger partial charge in [0, 0.05) is 37.4 Å². The first-order chi connectivity index (χ1) is 13.5. The first kappa shape index (κ1) is 20.5. The smallest absolute Gasteiger partial charge is 0.220 e. The quantitative estimate of drug-likeness (QED) is 0.789. The molecule has 0 bridgehead atoms. The van der Waals surface area contributed by atoms with Gasteiger partial charge in [-0.3, -0.25) is 19.7 Å². The van der Waals surface area contributed by atoms with E-state index in [-0.39, 0.29) is 11.8 Å². The molecule has 2 heterocycles. The van der Waals surface area contributed by atoms with Crippen molar-refractivity contribution in [2.24, 2.45) is 11.7 Å². The van der Waals surface area contributed by atoms with Gasteiger partial charge in [0.05, 0.1) is 11.4 Å². The highest BCUT2D eigenvalue weighted by Crippen LogP contribution is 2.30.